The summed E-state index contributed by atoms with van der Waals surface area (Å²) in [5, 5.41) is 4.55. The van der Waals surface area contributed by atoms with E-state index in [1.807, 2.05) is 0 Å². The van der Waals surface area contributed by atoms with E-state index in [0.29, 0.717) is 5.02 Å². The normalized spacial score (nSPS) is 14.7. The van der Waals surface area contributed by atoms with Gasteiger partial charge in [0, 0.05) is 35.0 Å². The summed E-state index contributed by atoms with van der Waals surface area (Å²) in [6.07, 6.45) is 0.939. The molecule has 17 heavy (non-hydrogen) atoms. The SMILES string of the molecule is Fc1cc(Cl)cc(-c2nc3c(s2)CNCC3)c1. The van der Waals surface area contributed by atoms with Crippen molar-refractivity contribution >= 4 is 22.9 Å². The molecule has 88 valence electrons. The number of thiazole rings is 1. The van der Waals surface area contributed by atoms with Crippen LogP contribution >= 0.6 is 22.9 Å². The lowest BCUT2D eigenvalue weighted by molar-refractivity contribution is 0.628. The quantitative estimate of drug-likeness (QED) is 0.859. The minimum absolute atomic E-state index is 0.321. The number of rotatable bonds is 1. The molecule has 0 atom stereocenters. The molecular weight excluding hydrogens is 259 g/mol. The van der Waals surface area contributed by atoms with Gasteiger partial charge in [-0.1, -0.05) is 11.6 Å². The minimum atomic E-state index is -0.321. The van der Waals surface area contributed by atoms with Gasteiger partial charge in [0.1, 0.15) is 10.8 Å². The fourth-order valence-corrected chi connectivity index (χ4v) is 3.21. The Kier molecular flexibility index (Phi) is 2.86. The maximum atomic E-state index is 13.3. The van der Waals surface area contributed by atoms with Crippen LogP contribution in [-0.2, 0) is 13.0 Å². The Hall–Kier alpha value is -0.970. The maximum Gasteiger partial charge on any atom is 0.125 e. The zero-order valence-electron chi connectivity index (χ0n) is 8.96. The zero-order chi connectivity index (χ0) is 11.8. The Morgan fingerprint density at radius 3 is 3.00 bits per heavy atom. The summed E-state index contributed by atoms with van der Waals surface area (Å²) in [5.74, 6) is -0.321. The van der Waals surface area contributed by atoms with Crippen molar-refractivity contribution in [1.29, 1.82) is 0 Å². The van der Waals surface area contributed by atoms with Gasteiger partial charge >= 0.3 is 0 Å². The molecule has 2 heterocycles. The predicted molar refractivity (Wildman–Crippen MR) is 67.9 cm³/mol. The van der Waals surface area contributed by atoms with Gasteiger partial charge in [0.15, 0.2) is 0 Å². The number of fused-ring (bicyclic) bond motifs is 1. The monoisotopic (exact) mass is 268 g/mol. The molecule has 0 spiro atoms. The summed E-state index contributed by atoms with van der Waals surface area (Å²) in [5.41, 5.74) is 1.89. The molecule has 0 bridgehead atoms. The van der Waals surface area contributed by atoms with Gasteiger partial charge in [-0.25, -0.2) is 9.37 Å². The van der Waals surface area contributed by atoms with Crippen molar-refractivity contribution in [2.75, 3.05) is 6.54 Å². The number of nitrogens with zero attached hydrogens (tertiary/aromatic N) is 1. The van der Waals surface area contributed by atoms with Gasteiger partial charge in [-0.15, -0.1) is 11.3 Å². The van der Waals surface area contributed by atoms with E-state index in [2.05, 4.69) is 10.3 Å². The van der Waals surface area contributed by atoms with E-state index in [1.165, 1.54) is 17.0 Å². The second kappa shape index (κ2) is 4.37. The highest BCUT2D eigenvalue weighted by Gasteiger charge is 2.16. The van der Waals surface area contributed by atoms with Crippen LogP contribution in [0, 0.1) is 5.82 Å². The van der Waals surface area contributed by atoms with E-state index >= 15 is 0 Å². The predicted octanol–water partition coefficient (Wildman–Crippen LogP) is 3.25. The highest BCUT2D eigenvalue weighted by Crippen LogP contribution is 2.31. The lowest BCUT2D eigenvalue weighted by Gasteiger charge is -2.09. The van der Waals surface area contributed by atoms with Crippen LogP contribution in [0.5, 0.6) is 0 Å². The first kappa shape index (κ1) is 11.1. The van der Waals surface area contributed by atoms with Crippen LogP contribution in [0.4, 0.5) is 4.39 Å². The molecule has 0 amide bonds. The number of halogens is 2. The van der Waals surface area contributed by atoms with E-state index in [1.54, 1.807) is 17.4 Å². The summed E-state index contributed by atoms with van der Waals surface area (Å²) in [6, 6.07) is 4.53. The van der Waals surface area contributed by atoms with Crippen molar-refractivity contribution in [2.24, 2.45) is 0 Å². The molecule has 0 fully saturated rings. The molecule has 5 heteroatoms. The van der Waals surface area contributed by atoms with Crippen molar-refractivity contribution < 1.29 is 4.39 Å². The molecule has 1 aliphatic heterocycles. The molecule has 0 saturated carbocycles. The van der Waals surface area contributed by atoms with Crippen LogP contribution in [0.3, 0.4) is 0 Å². The number of hydrogen-bond donors (Lipinski definition) is 1. The second-order valence-electron chi connectivity index (χ2n) is 3.97. The van der Waals surface area contributed by atoms with Crippen LogP contribution in [0.1, 0.15) is 10.6 Å². The summed E-state index contributed by atoms with van der Waals surface area (Å²) in [7, 11) is 0. The maximum absolute atomic E-state index is 13.3. The molecule has 0 unspecified atom stereocenters. The smallest absolute Gasteiger partial charge is 0.125 e. The van der Waals surface area contributed by atoms with E-state index in [9.17, 15) is 4.39 Å². The van der Waals surface area contributed by atoms with Gasteiger partial charge in [0.25, 0.3) is 0 Å². The Morgan fingerprint density at radius 2 is 2.24 bits per heavy atom. The Balaban J connectivity index is 2.05. The standard InChI is InChI=1S/C12H10ClFN2S/c13-8-3-7(4-9(14)5-8)12-16-10-1-2-15-6-11(10)17-12/h3-5,15H,1-2,6H2. The Bertz CT molecular complexity index is 524. The molecule has 1 N–H and O–H groups in total. The molecular formula is C12H10ClFN2S. The molecule has 2 aromatic rings. The van der Waals surface area contributed by atoms with Crippen LogP contribution < -0.4 is 5.32 Å². The first-order valence-corrected chi connectivity index (χ1v) is 6.57. The first-order valence-electron chi connectivity index (χ1n) is 5.38. The van der Waals surface area contributed by atoms with Crippen LogP contribution in [0.2, 0.25) is 5.02 Å². The molecule has 0 saturated heterocycles. The van der Waals surface area contributed by atoms with E-state index in [0.717, 1.165) is 35.8 Å². The number of hydrogen-bond acceptors (Lipinski definition) is 3. The van der Waals surface area contributed by atoms with Gasteiger partial charge in [0.05, 0.1) is 5.69 Å². The molecule has 0 aliphatic carbocycles. The molecule has 2 nitrogen and oxygen atoms in total. The van der Waals surface area contributed by atoms with Gasteiger partial charge in [-0.2, -0.15) is 0 Å². The highest BCUT2D eigenvalue weighted by molar-refractivity contribution is 7.15. The third-order valence-corrected chi connectivity index (χ3v) is 4.08. The first-order chi connectivity index (χ1) is 8.22. The fourth-order valence-electron chi connectivity index (χ4n) is 1.93. The third kappa shape index (κ3) is 2.20. The van der Waals surface area contributed by atoms with Gasteiger partial charge in [-0.3, -0.25) is 0 Å². The van der Waals surface area contributed by atoms with Crippen LogP contribution in [0.15, 0.2) is 18.2 Å². The van der Waals surface area contributed by atoms with Crippen molar-refractivity contribution in [3.8, 4) is 10.6 Å². The van der Waals surface area contributed by atoms with Crippen LogP contribution in [-0.4, -0.2) is 11.5 Å². The van der Waals surface area contributed by atoms with Crippen molar-refractivity contribution in [1.82, 2.24) is 10.3 Å². The molecule has 3 rings (SSSR count). The molecule has 0 radical (unpaired) electrons. The number of nitrogens with one attached hydrogen (secondary N) is 1. The van der Waals surface area contributed by atoms with Gasteiger partial charge in [-0.05, 0) is 18.2 Å². The average Bonchev–Trinajstić information content (AvgIpc) is 2.71. The number of aromatic nitrogens is 1. The summed E-state index contributed by atoms with van der Waals surface area (Å²) >= 11 is 7.46. The fraction of sp³-hybridized carbons (Fsp3) is 0.250. The van der Waals surface area contributed by atoms with Crippen molar-refractivity contribution in [2.45, 2.75) is 13.0 Å². The zero-order valence-corrected chi connectivity index (χ0v) is 10.5. The van der Waals surface area contributed by atoms with E-state index < -0.39 is 0 Å². The van der Waals surface area contributed by atoms with E-state index in [4.69, 9.17) is 11.6 Å². The highest BCUT2D eigenvalue weighted by atomic mass is 35.5. The lowest BCUT2D eigenvalue weighted by atomic mass is 10.2. The average molecular weight is 269 g/mol. The van der Waals surface area contributed by atoms with Crippen LogP contribution in [0.25, 0.3) is 10.6 Å². The van der Waals surface area contributed by atoms with Crippen molar-refractivity contribution in [3.05, 3.63) is 39.6 Å². The molecule has 1 aliphatic rings. The van der Waals surface area contributed by atoms with E-state index in [-0.39, 0.29) is 5.82 Å². The summed E-state index contributed by atoms with van der Waals surface area (Å²) < 4.78 is 13.3. The second-order valence-corrected chi connectivity index (χ2v) is 5.49. The summed E-state index contributed by atoms with van der Waals surface area (Å²) in [4.78, 5) is 5.80. The molecule has 1 aromatic carbocycles. The lowest BCUT2D eigenvalue weighted by Crippen LogP contribution is -2.22. The third-order valence-electron chi connectivity index (χ3n) is 2.71. The Labute approximate surface area is 107 Å². The topological polar surface area (TPSA) is 24.9 Å². The minimum Gasteiger partial charge on any atom is -0.311 e. The van der Waals surface area contributed by atoms with Gasteiger partial charge in [0.2, 0.25) is 0 Å². The molecule has 1 aromatic heterocycles. The largest absolute Gasteiger partial charge is 0.311 e. The Morgan fingerprint density at radius 1 is 1.35 bits per heavy atom. The van der Waals surface area contributed by atoms with Crippen molar-refractivity contribution in [3.63, 3.8) is 0 Å². The summed E-state index contributed by atoms with van der Waals surface area (Å²) in [6.45, 7) is 1.82. The number of benzene rings is 1. The van der Waals surface area contributed by atoms with Gasteiger partial charge < -0.3 is 5.32 Å².